The number of pyridine rings is 1. The predicted octanol–water partition coefficient (Wildman–Crippen LogP) is 6.32. The molecular formula is C29H24FN3O3. The van der Waals surface area contributed by atoms with Gasteiger partial charge >= 0.3 is 5.97 Å². The van der Waals surface area contributed by atoms with E-state index in [1.54, 1.807) is 6.07 Å². The highest BCUT2D eigenvalue weighted by Crippen LogP contribution is 2.44. The summed E-state index contributed by atoms with van der Waals surface area (Å²) < 4.78 is 20.0. The average molecular weight is 482 g/mol. The fourth-order valence-corrected chi connectivity index (χ4v) is 4.52. The number of benzene rings is 3. The van der Waals surface area contributed by atoms with Crippen LogP contribution >= 0.6 is 0 Å². The third kappa shape index (κ3) is 4.01. The van der Waals surface area contributed by atoms with Crippen LogP contribution in [0.25, 0.3) is 33.3 Å². The summed E-state index contributed by atoms with van der Waals surface area (Å²) in [5.74, 6) is -0.700. The molecule has 0 spiro atoms. The van der Waals surface area contributed by atoms with Gasteiger partial charge in [-0.2, -0.15) is 5.26 Å². The first-order valence-electron chi connectivity index (χ1n) is 11.7. The van der Waals surface area contributed by atoms with Crippen LogP contribution in [0.2, 0.25) is 0 Å². The molecule has 4 aromatic rings. The van der Waals surface area contributed by atoms with Gasteiger partial charge in [0.05, 0.1) is 23.5 Å². The van der Waals surface area contributed by atoms with Gasteiger partial charge in [0.25, 0.3) is 0 Å². The summed E-state index contributed by atoms with van der Waals surface area (Å²) in [5.41, 5.74) is 3.81. The summed E-state index contributed by atoms with van der Waals surface area (Å²) >= 11 is 0. The van der Waals surface area contributed by atoms with Crippen molar-refractivity contribution in [2.24, 2.45) is 0 Å². The highest BCUT2D eigenvalue weighted by molar-refractivity contribution is 6.01. The Morgan fingerprint density at radius 3 is 2.61 bits per heavy atom. The molecule has 0 bridgehead atoms. The highest BCUT2D eigenvalue weighted by Gasteiger charge is 2.51. The summed E-state index contributed by atoms with van der Waals surface area (Å²) in [6.45, 7) is 4.47. The number of carboxylic acid groups (broad SMARTS) is 1. The zero-order valence-corrected chi connectivity index (χ0v) is 19.9. The molecule has 5 rings (SSSR count). The van der Waals surface area contributed by atoms with Gasteiger partial charge in [-0.25, -0.2) is 14.2 Å². The van der Waals surface area contributed by atoms with Crippen molar-refractivity contribution in [2.45, 2.75) is 32.2 Å². The number of hydrogen-bond donors (Lipinski definition) is 2. The van der Waals surface area contributed by atoms with E-state index in [1.807, 2.05) is 56.3 Å². The number of para-hydroxylation sites is 1. The number of hydrogen-bond acceptors (Lipinski definition) is 5. The molecule has 1 fully saturated rings. The first-order valence-corrected chi connectivity index (χ1v) is 11.7. The van der Waals surface area contributed by atoms with Crippen LogP contribution in [0.3, 0.4) is 0 Å². The van der Waals surface area contributed by atoms with E-state index < -0.39 is 17.3 Å². The minimum Gasteiger partial charge on any atom is -0.493 e. The van der Waals surface area contributed by atoms with E-state index in [0.717, 1.165) is 22.4 Å². The maximum Gasteiger partial charge on any atom is 0.329 e. The van der Waals surface area contributed by atoms with Crippen molar-refractivity contribution in [1.29, 1.82) is 5.26 Å². The third-order valence-electron chi connectivity index (χ3n) is 6.56. The summed E-state index contributed by atoms with van der Waals surface area (Å²) in [4.78, 5) is 16.6. The lowest BCUT2D eigenvalue weighted by molar-refractivity contribution is -0.138. The molecule has 0 aliphatic heterocycles. The maximum absolute atomic E-state index is 14.2. The smallest absolute Gasteiger partial charge is 0.329 e. The Labute approximate surface area is 208 Å². The molecular weight excluding hydrogens is 457 g/mol. The van der Waals surface area contributed by atoms with Gasteiger partial charge in [-0.1, -0.05) is 30.3 Å². The van der Waals surface area contributed by atoms with Gasteiger partial charge in [0.1, 0.15) is 28.7 Å². The number of aliphatic carboxylic acids is 1. The Morgan fingerprint density at radius 2 is 1.94 bits per heavy atom. The van der Waals surface area contributed by atoms with Crippen molar-refractivity contribution in [3.63, 3.8) is 0 Å². The molecule has 3 aromatic carbocycles. The lowest BCUT2D eigenvalue weighted by Crippen LogP contribution is -2.32. The van der Waals surface area contributed by atoms with Gasteiger partial charge in [-0.3, -0.25) is 0 Å². The van der Waals surface area contributed by atoms with Gasteiger partial charge in [0, 0.05) is 16.5 Å². The van der Waals surface area contributed by atoms with Crippen LogP contribution in [-0.2, 0) is 4.79 Å². The lowest BCUT2D eigenvalue weighted by atomic mass is 9.94. The monoisotopic (exact) mass is 481 g/mol. The molecule has 6 nitrogen and oxygen atoms in total. The minimum atomic E-state index is -1.16. The Hall–Kier alpha value is -4.44. The first kappa shape index (κ1) is 23.3. The van der Waals surface area contributed by atoms with E-state index in [-0.39, 0.29) is 5.56 Å². The number of nitrogens with zero attached hydrogens (tertiary/aromatic N) is 2. The number of carbonyl (C=O) groups is 1. The number of anilines is 1. The molecule has 1 aliphatic carbocycles. The van der Waals surface area contributed by atoms with E-state index >= 15 is 0 Å². The van der Waals surface area contributed by atoms with Crippen molar-refractivity contribution in [3.8, 4) is 34.2 Å². The molecule has 2 N–H and O–H groups in total. The Morgan fingerprint density at radius 1 is 1.17 bits per heavy atom. The molecule has 0 amide bonds. The standard InChI is InChI=1S/C29H24FN3O3/c1-3-36-25-7-5-4-6-21(25)20-10-8-18(14-17(20)2)26-23(16-31)27(33-29(12-13-29)28(34)35)22-15-19(30)9-11-24(22)32-26/h4-11,14-15H,3,12-13H2,1-2H3,(H,32,33)(H,34,35). The molecule has 1 aromatic heterocycles. The fourth-order valence-electron chi connectivity index (χ4n) is 4.52. The number of aromatic nitrogens is 1. The molecule has 1 aliphatic rings. The van der Waals surface area contributed by atoms with Crippen LogP contribution in [0, 0.1) is 24.1 Å². The number of carboxylic acids is 1. The van der Waals surface area contributed by atoms with Gasteiger partial charge in [0.15, 0.2) is 0 Å². The average Bonchev–Trinajstić information content (AvgIpc) is 3.66. The van der Waals surface area contributed by atoms with Crippen LogP contribution in [0.15, 0.2) is 60.7 Å². The van der Waals surface area contributed by atoms with E-state index in [4.69, 9.17) is 9.72 Å². The number of fused-ring (bicyclic) bond motifs is 1. The van der Waals surface area contributed by atoms with Crippen molar-refractivity contribution in [1.82, 2.24) is 4.98 Å². The van der Waals surface area contributed by atoms with Crippen LogP contribution in [0.4, 0.5) is 10.1 Å². The quantitative estimate of drug-likeness (QED) is 0.321. The highest BCUT2D eigenvalue weighted by atomic mass is 19.1. The molecule has 0 atom stereocenters. The Balaban J connectivity index is 1.68. The van der Waals surface area contributed by atoms with E-state index in [9.17, 15) is 19.6 Å². The van der Waals surface area contributed by atoms with Crippen LogP contribution in [0.1, 0.15) is 30.9 Å². The summed E-state index contributed by atoms with van der Waals surface area (Å²) in [6, 6.07) is 19.9. The second-order valence-electron chi connectivity index (χ2n) is 8.95. The van der Waals surface area contributed by atoms with Crippen LogP contribution < -0.4 is 10.1 Å². The largest absolute Gasteiger partial charge is 0.493 e. The topological polar surface area (TPSA) is 95.2 Å². The van der Waals surface area contributed by atoms with E-state index in [0.29, 0.717) is 47.3 Å². The van der Waals surface area contributed by atoms with Gasteiger partial charge < -0.3 is 15.2 Å². The van der Waals surface area contributed by atoms with E-state index in [1.165, 1.54) is 12.1 Å². The summed E-state index contributed by atoms with van der Waals surface area (Å²) in [7, 11) is 0. The van der Waals surface area contributed by atoms with Gasteiger partial charge in [-0.05, 0) is 68.1 Å². The second-order valence-corrected chi connectivity index (χ2v) is 8.95. The normalized spacial score (nSPS) is 13.7. The molecule has 0 unspecified atom stereocenters. The SMILES string of the molecule is CCOc1ccccc1-c1ccc(-c2nc3ccc(F)cc3c(NC3(C(=O)O)CC3)c2C#N)cc1C. The van der Waals surface area contributed by atoms with Crippen LogP contribution in [0.5, 0.6) is 5.75 Å². The fraction of sp³-hybridized carbons (Fsp3) is 0.207. The van der Waals surface area contributed by atoms with Crippen molar-refractivity contribution < 1.29 is 19.0 Å². The van der Waals surface area contributed by atoms with Crippen molar-refractivity contribution in [3.05, 3.63) is 77.6 Å². The number of aryl methyl sites for hydroxylation is 1. The zero-order chi connectivity index (χ0) is 25.4. The molecule has 0 saturated heterocycles. The number of rotatable bonds is 7. The van der Waals surface area contributed by atoms with Gasteiger partial charge in [0.2, 0.25) is 0 Å². The minimum absolute atomic E-state index is 0.183. The number of nitrogens with one attached hydrogen (secondary N) is 1. The molecule has 36 heavy (non-hydrogen) atoms. The van der Waals surface area contributed by atoms with Crippen molar-refractivity contribution >= 4 is 22.6 Å². The summed E-state index contributed by atoms with van der Waals surface area (Å²) in [6.07, 6.45) is 0.851. The molecule has 180 valence electrons. The Kier molecular flexibility index (Phi) is 5.81. The number of nitriles is 1. The lowest BCUT2D eigenvalue weighted by Gasteiger charge is -2.20. The third-order valence-corrected chi connectivity index (χ3v) is 6.56. The summed E-state index contributed by atoms with van der Waals surface area (Å²) in [5, 5.41) is 23.3. The van der Waals surface area contributed by atoms with Crippen LogP contribution in [-0.4, -0.2) is 28.2 Å². The number of ether oxygens (including phenoxy) is 1. The van der Waals surface area contributed by atoms with Crippen molar-refractivity contribution in [2.75, 3.05) is 11.9 Å². The first-order chi connectivity index (χ1) is 17.4. The molecule has 1 saturated carbocycles. The predicted molar refractivity (Wildman–Crippen MR) is 136 cm³/mol. The second kappa shape index (κ2) is 8.97. The van der Waals surface area contributed by atoms with Gasteiger partial charge in [-0.15, -0.1) is 0 Å². The number of halogens is 1. The molecule has 0 radical (unpaired) electrons. The van der Waals surface area contributed by atoms with E-state index in [2.05, 4.69) is 11.4 Å². The Bertz CT molecular complexity index is 1550. The maximum atomic E-state index is 14.2. The molecule has 1 heterocycles. The molecule has 7 heteroatoms. The zero-order valence-electron chi connectivity index (χ0n) is 19.9.